The van der Waals surface area contributed by atoms with Crippen molar-refractivity contribution in [3.05, 3.63) is 35.6 Å². The van der Waals surface area contributed by atoms with Crippen LogP contribution >= 0.6 is 0 Å². The van der Waals surface area contributed by atoms with Crippen molar-refractivity contribution in [2.45, 2.75) is 109 Å². The van der Waals surface area contributed by atoms with Crippen molar-refractivity contribution in [2.24, 2.45) is 23.2 Å². The molecule has 3 amide bonds. The van der Waals surface area contributed by atoms with E-state index in [2.05, 4.69) is 22.6 Å². The zero-order valence-electron chi connectivity index (χ0n) is 26.1. The SMILES string of the molecule is CN1C[C@@H]2CCC1C(C(=O)N[C@H](Cc1ccc(F)cc1)C(=O)N1CCC(C(=O)NC(C)(C)C)(C3CCCCC3)CC1)C2. The van der Waals surface area contributed by atoms with E-state index in [1.165, 1.54) is 18.6 Å². The Hall–Kier alpha value is -2.48. The van der Waals surface area contributed by atoms with Crippen molar-refractivity contribution in [3.8, 4) is 0 Å². The zero-order valence-corrected chi connectivity index (χ0v) is 26.1. The lowest BCUT2D eigenvalue weighted by Gasteiger charge is -2.48. The number of likely N-dealkylation sites (tertiary alicyclic amines) is 1. The number of fused-ring (bicyclic) bond motifs is 3. The summed E-state index contributed by atoms with van der Waals surface area (Å²) in [4.78, 5) is 45.8. The van der Waals surface area contributed by atoms with Gasteiger partial charge in [-0.2, -0.15) is 0 Å². The maximum Gasteiger partial charge on any atom is 0.245 e. The molecule has 0 spiro atoms. The molecule has 5 aliphatic rings. The topological polar surface area (TPSA) is 81.8 Å². The van der Waals surface area contributed by atoms with E-state index in [0.29, 0.717) is 44.2 Å². The lowest BCUT2D eigenvalue weighted by atomic mass is 9.63. The molecular weight excluding hydrogens is 531 g/mol. The summed E-state index contributed by atoms with van der Waals surface area (Å²) in [7, 11) is 2.10. The van der Waals surface area contributed by atoms with Gasteiger partial charge in [0.1, 0.15) is 11.9 Å². The molecule has 2 bridgehead atoms. The second kappa shape index (κ2) is 12.6. The number of rotatable bonds is 7. The summed E-state index contributed by atoms with van der Waals surface area (Å²) < 4.78 is 13.7. The minimum Gasteiger partial charge on any atom is -0.351 e. The third kappa shape index (κ3) is 6.84. The minimum absolute atomic E-state index is 0.0465. The monoisotopic (exact) mass is 582 g/mol. The molecule has 42 heavy (non-hydrogen) atoms. The van der Waals surface area contributed by atoms with Gasteiger partial charge in [-0.25, -0.2) is 4.39 Å². The number of nitrogens with zero attached hydrogens (tertiary/aromatic N) is 2. The van der Waals surface area contributed by atoms with Crippen LogP contribution in [0, 0.1) is 29.0 Å². The Labute approximate surface area is 251 Å². The number of amides is 3. The van der Waals surface area contributed by atoms with E-state index in [1.54, 1.807) is 12.1 Å². The molecule has 3 aliphatic heterocycles. The molecule has 8 heteroatoms. The number of hydrogen-bond donors (Lipinski definition) is 2. The van der Waals surface area contributed by atoms with Crippen LogP contribution in [0.15, 0.2) is 24.3 Å². The third-order valence-electron chi connectivity index (χ3n) is 10.6. The van der Waals surface area contributed by atoms with Crippen molar-refractivity contribution in [3.63, 3.8) is 0 Å². The number of benzene rings is 1. The van der Waals surface area contributed by atoms with Crippen LogP contribution in [0.3, 0.4) is 0 Å². The van der Waals surface area contributed by atoms with E-state index in [4.69, 9.17) is 0 Å². The van der Waals surface area contributed by atoms with Crippen LogP contribution in [0.2, 0.25) is 0 Å². The second-order valence-corrected chi connectivity index (χ2v) is 14.7. The Morgan fingerprint density at radius 3 is 2.26 bits per heavy atom. The highest BCUT2D eigenvalue weighted by atomic mass is 19.1. The first kappa shape index (κ1) is 31.0. The molecule has 1 aromatic rings. The maximum absolute atomic E-state index is 14.1. The predicted molar refractivity (Wildman–Crippen MR) is 162 cm³/mol. The van der Waals surface area contributed by atoms with Gasteiger partial charge in [-0.15, -0.1) is 0 Å². The zero-order chi connectivity index (χ0) is 30.1. The molecule has 5 fully saturated rings. The lowest BCUT2D eigenvalue weighted by Crippen LogP contribution is -2.60. The average molecular weight is 583 g/mol. The molecule has 0 radical (unpaired) electrons. The molecule has 3 saturated heterocycles. The summed E-state index contributed by atoms with van der Waals surface area (Å²) in [6.07, 6.45) is 10.3. The lowest BCUT2D eigenvalue weighted by molar-refractivity contribution is -0.148. The van der Waals surface area contributed by atoms with Crippen LogP contribution < -0.4 is 10.6 Å². The van der Waals surface area contributed by atoms with Crippen molar-refractivity contribution in [1.82, 2.24) is 20.4 Å². The normalized spacial score (nSPS) is 27.4. The first-order valence-corrected chi connectivity index (χ1v) is 16.3. The number of carbonyl (C=O) groups excluding carboxylic acids is 3. The molecular formula is C34H51FN4O3. The first-order valence-electron chi connectivity index (χ1n) is 16.3. The molecule has 232 valence electrons. The fourth-order valence-electron chi connectivity index (χ4n) is 8.38. The van der Waals surface area contributed by atoms with E-state index in [9.17, 15) is 18.8 Å². The van der Waals surface area contributed by atoms with Crippen molar-refractivity contribution in [1.29, 1.82) is 0 Å². The Bertz CT molecular complexity index is 1120. The molecule has 2 aliphatic carbocycles. The fourth-order valence-corrected chi connectivity index (χ4v) is 8.38. The largest absolute Gasteiger partial charge is 0.351 e. The van der Waals surface area contributed by atoms with E-state index in [0.717, 1.165) is 57.1 Å². The highest BCUT2D eigenvalue weighted by Crippen LogP contribution is 2.46. The van der Waals surface area contributed by atoms with Gasteiger partial charge in [0.2, 0.25) is 17.7 Å². The van der Waals surface area contributed by atoms with E-state index in [1.807, 2.05) is 25.7 Å². The predicted octanol–water partition coefficient (Wildman–Crippen LogP) is 4.69. The molecule has 2 unspecified atom stereocenters. The number of carbonyl (C=O) groups is 3. The Balaban J connectivity index is 1.32. The van der Waals surface area contributed by atoms with Gasteiger partial charge < -0.3 is 20.4 Å². The first-order chi connectivity index (χ1) is 19.9. The van der Waals surface area contributed by atoms with E-state index >= 15 is 0 Å². The molecule has 0 aromatic heterocycles. The molecule has 3 heterocycles. The quantitative estimate of drug-likeness (QED) is 0.489. The molecule has 7 nitrogen and oxygen atoms in total. The highest BCUT2D eigenvalue weighted by Gasteiger charge is 2.49. The number of halogens is 1. The fraction of sp³-hybridized carbons (Fsp3) is 0.735. The van der Waals surface area contributed by atoms with Gasteiger partial charge in [0.15, 0.2) is 0 Å². The van der Waals surface area contributed by atoms with Crippen LogP contribution in [0.4, 0.5) is 4.39 Å². The smallest absolute Gasteiger partial charge is 0.245 e. The summed E-state index contributed by atoms with van der Waals surface area (Å²) in [5.41, 5.74) is 0.0325. The second-order valence-electron chi connectivity index (χ2n) is 14.7. The molecule has 6 rings (SSSR count). The molecule has 2 saturated carbocycles. The standard InChI is InChI=1S/C34H51FN4O3/c1-33(2,3)37-32(42)34(25-8-6-5-7-9-25)16-18-39(19-17-34)31(41)28(21-23-10-13-26(35)14-11-23)36-30(40)27-20-24-12-15-29(27)38(4)22-24/h10-11,13-14,24-25,27-29H,5-9,12,15-22H2,1-4H3,(H,36,40)(H,37,42)/t24-,27?,28-,29?/m1/s1. The third-order valence-corrected chi connectivity index (χ3v) is 10.6. The van der Waals surface area contributed by atoms with Crippen molar-refractivity contribution in [2.75, 3.05) is 26.7 Å². The Morgan fingerprint density at radius 1 is 1.00 bits per heavy atom. The Morgan fingerprint density at radius 2 is 1.67 bits per heavy atom. The number of piperidine rings is 3. The highest BCUT2D eigenvalue weighted by molar-refractivity contribution is 5.90. The summed E-state index contributed by atoms with van der Waals surface area (Å²) >= 11 is 0. The van der Waals surface area contributed by atoms with Gasteiger partial charge in [0.05, 0.1) is 11.3 Å². The van der Waals surface area contributed by atoms with Crippen molar-refractivity contribution >= 4 is 17.7 Å². The van der Waals surface area contributed by atoms with Crippen LogP contribution in [0.1, 0.15) is 90.5 Å². The minimum atomic E-state index is -0.723. The maximum atomic E-state index is 14.1. The summed E-state index contributed by atoms with van der Waals surface area (Å²) in [6, 6.07) is 5.68. The molecule has 1 aromatic carbocycles. The van der Waals surface area contributed by atoms with E-state index in [-0.39, 0.29) is 41.0 Å². The van der Waals surface area contributed by atoms with Gasteiger partial charge in [0.25, 0.3) is 0 Å². The number of nitrogens with one attached hydrogen (secondary N) is 2. The molecule has 4 atom stereocenters. The summed E-state index contributed by atoms with van der Waals surface area (Å²) in [5, 5.41) is 6.44. The van der Waals surface area contributed by atoms with Gasteiger partial charge in [-0.05, 0) is 102 Å². The van der Waals surface area contributed by atoms with Crippen LogP contribution in [-0.2, 0) is 20.8 Å². The van der Waals surface area contributed by atoms with Gasteiger partial charge >= 0.3 is 0 Å². The van der Waals surface area contributed by atoms with Gasteiger partial charge in [0, 0.05) is 37.6 Å². The van der Waals surface area contributed by atoms with Gasteiger partial charge in [-0.3, -0.25) is 14.4 Å². The summed E-state index contributed by atoms with van der Waals surface area (Å²) in [5.74, 6) is 0.394. The van der Waals surface area contributed by atoms with Crippen LogP contribution in [-0.4, -0.2) is 71.8 Å². The summed E-state index contributed by atoms with van der Waals surface area (Å²) in [6.45, 7) is 8.11. The average Bonchev–Trinajstić information content (AvgIpc) is 2.97. The Kier molecular flexibility index (Phi) is 9.31. The number of hydrogen-bond acceptors (Lipinski definition) is 4. The van der Waals surface area contributed by atoms with Gasteiger partial charge in [-0.1, -0.05) is 31.4 Å². The van der Waals surface area contributed by atoms with Crippen LogP contribution in [0.25, 0.3) is 0 Å². The van der Waals surface area contributed by atoms with Crippen LogP contribution in [0.5, 0.6) is 0 Å². The molecule has 2 N–H and O–H groups in total. The van der Waals surface area contributed by atoms with Crippen molar-refractivity contribution < 1.29 is 18.8 Å². The van der Waals surface area contributed by atoms with E-state index < -0.39 is 11.5 Å².